The van der Waals surface area contributed by atoms with E-state index in [0.29, 0.717) is 11.0 Å². The summed E-state index contributed by atoms with van der Waals surface area (Å²) in [5, 5.41) is 0.698. The summed E-state index contributed by atoms with van der Waals surface area (Å²) < 4.78 is 0. The fourth-order valence-electron chi connectivity index (χ4n) is 1.78. The summed E-state index contributed by atoms with van der Waals surface area (Å²) in [7, 11) is 0. The smallest absolute Gasteiger partial charge is 0.212 e. The van der Waals surface area contributed by atoms with E-state index in [2.05, 4.69) is 16.9 Å². The Morgan fingerprint density at radius 2 is 2.36 bits per heavy atom. The zero-order valence-electron chi connectivity index (χ0n) is 8.16. The average molecular weight is 210 g/mol. The largest absolute Gasteiger partial charge is 0.370 e. The van der Waals surface area contributed by atoms with Crippen molar-refractivity contribution in [2.24, 2.45) is 16.5 Å². The van der Waals surface area contributed by atoms with Gasteiger partial charge >= 0.3 is 0 Å². The molecule has 1 aliphatic rings. The zero-order valence-corrected chi connectivity index (χ0v) is 8.97. The van der Waals surface area contributed by atoms with Crippen molar-refractivity contribution in [2.75, 3.05) is 0 Å². The second kappa shape index (κ2) is 3.57. The van der Waals surface area contributed by atoms with Crippen molar-refractivity contribution in [3.63, 3.8) is 0 Å². The third-order valence-electron chi connectivity index (χ3n) is 2.45. The molecule has 1 heterocycles. The van der Waals surface area contributed by atoms with Gasteiger partial charge in [0, 0.05) is 4.88 Å². The second-order valence-corrected chi connectivity index (χ2v) is 4.70. The van der Waals surface area contributed by atoms with Gasteiger partial charge in [-0.15, -0.1) is 0 Å². The normalized spacial score (nSPS) is 20.2. The van der Waals surface area contributed by atoms with Crippen LogP contribution in [0.15, 0.2) is 4.99 Å². The van der Waals surface area contributed by atoms with Gasteiger partial charge in [0.05, 0.1) is 5.69 Å². The third kappa shape index (κ3) is 1.72. The van der Waals surface area contributed by atoms with Crippen LogP contribution in [0.3, 0.4) is 0 Å². The summed E-state index contributed by atoms with van der Waals surface area (Å²) in [6, 6.07) is 0. The van der Waals surface area contributed by atoms with E-state index in [1.165, 1.54) is 23.4 Å². The number of fused-ring (bicyclic) bond motifs is 1. The van der Waals surface area contributed by atoms with Crippen LogP contribution in [0.4, 0.5) is 5.13 Å². The molecular weight excluding hydrogens is 196 g/mol. The number of hydrogen-bond acceptors (Lipinski definition) is 3. The summed E-state index contributed by atoms with van der Waals surface area (Å²) in [6.45, 7) is 2.21. The minimum atomic E-state index is 0.0868. The minimum Gasteiger partial charge on any atom is -0.370 e. The molecule has 1 aromatic rings. The van der Waals surface area contributed by atoms with Gasteiger partial charge in [0.15, 0.2) is 5.96 Å². The summed E-state index contributed by atoms with van der Waals surface area (Å²) >= 11 is 1.61. The van der Waals surface area contributed by atoms with Gasteiger partial charge in [0.2, 0.25) is 5.13 Å². The number of aromatic nitrogens is 1. The number of guanidine groups is 1. The molecule has 14 heavy (non-hydrogen) atoms. The highest BCUT2D eigenvalue weighted by Gasteiger charge is 2.20. The lowest BCUT2D eigenvalue weighted by molar-refractivity contribution is 0.584. The second-order valence-electron chi connectivity index (χ2n) is 3.63. The Morgan fingerprint density at radius 1 is 1.57 bits per heavy atom. The monoisotopic (exact) mass is 210 g/mol. The number of thiazole rings is 1. The number of nitrogens with two attached hydrogens (primary N) is 2. The number of hydrogen-bond donors (Lipinski definition) is 2. The van der Waals surface area contributed by atoms with Crippen molar-refractivity contribution in [3.05, 3.63) is 10.6 Å². The van der Waals surface area contributed by atoms with Crippen molar-refractivity contribution in [3.8, 4) is 0 Å². The summed E-state index contributed by atoms with van der Waals surface area (Å²) in [5.41, 5.74) is 11.8. The van der Waals surface area contributed by atoms with Crippen LogP contribution in [0.1, 0.15) is 36.3 Å². The molecule has 0 saturated carbocycles. The van der Waals surface area contributed by atoms with Crippen LogP contribution < -0.4 is 11.5 Å². The van der Waals surface area contributed by atoms with Crippen LogP contribution >= 0.6 is 11.3 Å². The molecule has 4 nitrogen and oxygen atoms in total. The lowest BCUT2D eigenvalue weighted by Gasteiger charge is -2.15. The number of rotatable bonds is 1. The molecule has 1 aliphatic carbocycles. The standard InChI is InChI=1S/C9H14N4S/c1-5-3-2-4-6-7(5)12-9(14-6)13-8(10)11/h5H,2-4H2,1H3,(H4,10,11,12,13)/t5-/m0/s1. The third-order valence-corrected chi connectivity index (χ3v) is 3.47. The highest BCUT2D eigenvalue weighted by Crippen LogP contribution is 2.37. The molecule has 1 atom stereocenters. The lowest BCUT2D eigenvalue weighted by Crippen LogP contribution is -2.21. The molecule has 76 valence electrons. The SMILES string of the molecule is C[C@H]1CCCc2sc(N=C(N)N)nc21. The van der Waals surface area contributed by atoms with Crippen LogP contribution in [0.2, 0.25) is 0 Å². The molecule has 4 N–H and O–H groups in total. The number of aryl methyl sites for hydroxylation is 1. The highest BCUT2D eigenvalue weighted by atomic mass is 32.1. The first-order chi connectivity index (χ1) is 6.66. The van der Waals surface area contributed by atoms with Crippen molar-refractivity contribution in [2.45, 2.75) is 32.1 Å². The molecule has 0 amide bonds. The van der Waals surface area contributed by atoms with E-state index in [-0.39, 0.29) is 5.96 Å². The molecule has 2 rings (SSSR count). The Morgan fingerprint density at radius 3 is 3.00 bits per heavy atom. The first kappa shape index (κ1) is 9.45. The maximum atomic E-state index is 5.31. The van der Waals surface area contributed by atoms with Gasteiger partial charge in [-0.2, -0.15) is 4.99 Å². The Labute approximate surface area is 87.1 Å². The van der Waals surface area contributed by atoms with E-state index < -0.39 is 0 Å². The Bertz CT molecular complexity index is 365. The van der Waals surface area contributed by atoms with E-state index >= 15 is 0 Å². The minimum absolute atomic E-state index is 0.0868. The highest BCUT2D eigenvalue weighted by molar-refractivity contribution is 7.15. The average Bonchev–Trinajstić information content (AvgIpc) is 2.47. The van der Waals surface area contributed by atoms with Crippen LogP contribution in [0, 0.1) is 0 Å². The van der Waals surface area contributed by atoms with Crippen molar-refractivity contribution in [1.29, 1.82) is 0 Å². The van der Waals surface area contributed by atoms with E-state index in [9.17, 15) is 0 Å². The molecule has 1 aromatic heterocycles. The van der Waals surface area contributed by atoms with Gasteiger partial charge in [0.25, 0.3) is 0 Å². The predicted octanol–water partition coefficient (Wildman–Crippen LogP) is 1.49. The van der Waals surface area contributed by atoms with E-state index in [1.54, 1.807) is 11.3 Å². The molecule has 0 saturated heterocycles. The van der Waals surface area contributed by atoms with E-state index in [4.69, 9.17) is 11.5 Å². The molecule has 0 spiro atoms. The molecule has 0 bridgehead atoms. The Kier molecular flexibility index (Phi) is 2.41. The molecule has 0 aromatic carbocycles. The van der Waals surface area contributed by atoms with Gasteiger partial charge in [-0.1, -0.05) is 18.3 Å². The van der Waals surface area contributed by atoms with Gasteiger partial charge in [0.1, 0.15) is 0 Å². The first-order valence-electron chi connectivity index (χ1n) is 4.76. The van der Waals surface area contributed by atoms with E-state index in [1.807, 2.05) is 0 Å². The molecule has 0 aliphatic heterocycles. The van der Waals surface area contributed by atoms with Gasteiger partial charge in [-0.3, -0.25) is 0 Å². The molecule has 0 fully saturated rings. The van der Waals surface area contributed by atoms with Gasteiger partial charge in [-0.05, 0) is 25.2 Å². The molecule has 0 radical (unpaired) electrons. The fourth-order valence-corrected chi connectivity index (χ4v) is 2.89. The van der Waals surface area contributed by atoms with Crippen LogP contribution in [0.5, 0.6) is 0 Å². The number of nitrogens with zero attached hydrogens (tertiary/aromatic N) is 2. The quantitative estimate of drug-likeness (QED) is 0.544. The topological polar surface area (TPSA) is 77.3 Å². The zero-order chi connectivity index (χ0) is 10.1. The van der Waals surface area contributed by atoms with Crippen molar-refractivity contribution < 1.29 is 0 Å². The van der Waals surface area contributed by atoms with Gasteiger partial charge in [-0.25, -0.2) is 4.98 Å². The van der Waals surface area contributed by atoms with Crippen molar-refractivity contribution >= 4 is 22.4 Å². The Hall–Kier alpha value is -1.10. The van der Waals surface area contributed by atoms with Crippen LogP contribution in [-0.4, -0.2) is 10.9 Å². The van der Waals surface area contributed by atoms with Gasteiger partial charge < -0.3 is 11.5 Å². The molecular formula is C9H14N4S. The molecule has 5 heteroatoms. The fraction of sp³-hybridized carbons (Fsp3) is 0.556. The predicted molar refractivity (Wildman–Crippen MR) is 58.9 cm³/mol. The summed E-state index contributed by atoms with van der Waals surface area (Å²) in [5.74, 6) is 0.640. The Balaban J connectivity index is 2.35. The van der Waals surface area contributed by atoms with Crippen LogP contribution in [0.25, 0.3) is 0 Å². The maximum absolute atomic E-state index is 5.31. The van der Waals surface area contributed by atoms with Crippen LogP contribution in [-0.2, 0) is 6.42 Å². The lowest BCUT2D eigenvalue weighted by atomic mass is 9.93. The number of aliphatic imine (C=N–C) groups is 1. The van der Waals surface area contributed by atoms with E-state index in [0.717, 1.165) is 6.42 Å². The first-order valence-corrected chi connectivity index (χ1v) is 5.57. The summed E-state index contributed by atoms with van der Waals surface area (Å²) in [6.07, 6.45) is 3.59. The van der Waals surface area contributed by atoms with Crippen molar-refractivity contribution in [1.82, 2.24) is 4.98 Å². The summed E-state index contributed by atoms with van der Waals surface area (Å²) in [4.78, 5) is 9.77. The molecule has 0 unspecified atom stereocenters. The maximum Gasteiger partial charge on any atom is 0.212 e.